The van der Waals surface area contributed by atoms with Crippen LogP contribution in [0.25, 0.3) is 22.4 Å². The predicted octanol–water partition coefficient (Wildman–Crippen LogP) is 2.27. The van der Waals surface area contributed by atoms with E-state index in [9.17, 15) is 0 Å². The van der Waals surface area contributed by atoms with Crippen LogP contribution in [0.5, 0.6) is 0 Å². The minimum absolute atomic E-state index is 0.295. The fourth-order valence-corrected chi connectivity index (χ4v) is 2.42. The first kappa shape index (κ1) is 14.4. The van der Waals surface area contributed by atoms with Crippen molar-refractivity contribution in [2.75, 3.05) is 5.32 Å². The number of aromatic amines is 1. The second kappa shape index (κ2) is 5.44. The number of aromatic nitrogens is 8. The van der Waals surface area contributed by atoms with Gasteiger partial charge in [-0.3, -0.25) is 14.5 Å². The third kappa shape index (κ3) is 2.49. The van der Waals surface area contributed by atoms with Gasteiger partial charge < -0.3 is 5.32 Å². The Morgan fingerprint density at radius 3 is 2.67 bits per heavy atom. The van der Waals surface area contributed by atoms with Crippen molar-refractivity contribution >= 4 is 22.5 Å². The molecule has 9 nitrogen and oxygen atoms in total. The molecule has 4 aromatic heterocycles. The Labute approximate surface area is 137 Å². The first-order chi connectivity index (χ1) is 11.6. The summed E-state index contributed by atoms with van der Waals surface area (Å²) in [5, 5.41) is 18.8. The number of nitrogens with zero attached hydrogens (tertiary/aromatic N) is 7. The van der Waals surface area contributed by atoms with Gasteiger partial charge in [-0.1, -0.05) is 0 Å². The van der Waals surface area contributed by atoms with Gasteiger partial charge in [-0.2, -0.15) is 15.3 Å². The molecule has 24 heavy (non-hydrogen) atoms. The maximum absolute atomic E-state index is 4.62. The Bertz CT molecular complexity index is 991. The van der Waals surface area contributed by atoms with E-state index in [1.165, 1.54) is 0 Å². The van der Waals surface area contributed by atoms with E-state index in [1.807, 2.05) is 24.1 Å². The van der Waals surface area contributed by atoms with Gasteiger partial charge >= 0.3 is 0 Å². The number of aryl methyl sites for hydroxylation is 1. The molecule has 0 aromatic carbocycles. The largest absolute Gasteiger partial charge is 0.336 e. The Hall–Kier alpha value is -3.23. The molecule has 0 saturated heterocycles. The number of rotatable bonds is 4. The van der Waals surface area contributed by atoms with Crippen LogP contribution in [0.1, 0.15) is 19.9 Å². The summed E-state index contributed by atoms with van der Waals surface area (Å²) in [5.41, 5.74) is 3.19. The predicted molar refractivity (Wildman–Crippen MR) is 89.8 cm³/mol. The maximum Gasteiger partial charge on any atom is 0.165 e. The van der Waals surface area contributed by atoms with Crippen LogP contribution in [0.2, 0.25) is 0 Å². The smallest absolute Gasteiger partial charge is 0.165 e. The molecule has 9 heteroatoms. The summed E-state index contributed by atoms with van der Waals surface area (Å²) in [7, 11) is 1.86. The van der Waals surface area contributed by atoms with Crippen molar-refractivity contribution in [3.8, 4) is 11.4 Å². The summed E-state index contributed by atoms with van der Waals surface area (Å²) in [6, 6.07) is 0.295. The van der Waals surface area contributed by atoms with Crippen molar-refractivity contribution in [2.24, 2.45) is 7.05 Å². The summed E-state index contributed by atoms with van der Waals surface area (Å²) in [5.74, 6) is 1.25. The Morgan fingerprint density at radius 1 is 1.08 bits per heavy atom. The highest BCUT2D eigenvalue weighted by molar-refractivity contribution is 5.88. The molecule has 0 aliphatic rings. The van der Waals surface area contributed by atoms with Gasteiger partial charge in [0.25, 0.3) is 0 Å². The molecule has 0 unspecified atom stereocenters. The molecule has 0 fully saturated rings. The molecule has 0 radical (unpaired) electrons. The Balaban J connectivity index is 1.76. The van der Waals surface area contributed by atoms with E-state index in [-0.39, 0.29) is 0 Å². The van der Waals surface area contributed by atoms with Gasteiger partial charge in [0.05, 0.1) is 29.8 Å². The molecule has 122 valence electrons. The second-order valence-corrected chi connectivity index (χ2v) is 5.86. The van der Waals surface area contributed by atoms with Gasteiger partial charge in [0.1, 0.15) is 11.0 Å². The normalized spacial score (nSPS) is 11.5. The van der Waals surface area contributed by atoms with Crippen LogP contribution in [-0.4, -0.2) is 39.7 Å². The molecule has 4 heterocycles. The highest BCUT2D eigenvalue weighted by atomic mass is 15.3. The monoisotopic (exact) mass is 323 g/mol. The highest BCUT2D eigenvalue weighted by Gasteiger charge is 2.13. The molecular formula is C15H17N9. The molecule has 0 amide bonds. The number of hydrogen-bond acceptors (Lipinski definition) is 6. The average molecular weight is 323 g/mol. The van der Waals surface area contributed by atoms with E-state index in [1.54, 1.807) is 23.3 Å². The van der Waals surface area contributed by atoms with Crippen molar-refractivity contribution in [1.29, 1.82) is 0 Å². The van der Waals surface area contributed by atoms with Gasteiger partial charge in [0, 0.05) is 25.5 Å². The molecule has 2 N–H and O–H groups in total. The van der Waals surface area contributed by atoms with Crippen molar-refractivity contribution in [3.05, 3.63) is 31.0 Å². The quantitative estimate of drug-likeness (QED) is 0.597. The van der Waals surface area contributed by atoms with E-state index >= 15 is 0 Å². The van der Waals surface area contributed by atoms with E-state index in [4.69, 9.17) is 0 Å². The van der Waals surface area contributed by atoms with E-state index in [0.29, 0.717) is 17.7 Å². The molecule has 0 saturated carbocycles. The standard InChI is InChI=1S/C15H17N9/c1-9(2)24-8-11(5-18-24)19-15-13-12(6-16-22-13)20-14(21-15)10-4-17-23(3)7-10/h4-9H,1-3H3,(H,16,22)(H,19,20,21). The maximum atomic E-state index is 4.62. The summed E-state index contributed by atoms with van der Waals surface area (Å²) in [6.07, 6.45) is 9.01. The SMILES string of the molecule is CC(C)n1cc(Nc2nc(-c3cnn(C)c3)nc3cn[nH]c23)cn1. The average Bonchev–Trinajstić information content (AvgIpc) is 3.26. The topological polar surface area (TPSA) is 102 Å². The zero-order valence-corrected chi connectivity index (χ0v) is 13.6. The van der Waals surface area contributed by atoms with E-state index in [2.05, 4.69) is 49.5 Å². The molecule has 4 rings (SSSR count). The van der Waals surface area contributed by atoms with Gasteiger partial charge in [0.2, 0.25) is 0 Å². The molecule has 0 aliphatic carbocycles. The second-order valence-electron chi connectivity index (χ2n) is 5.86. The van der Waals surface area contributed by atoms with E-state index in [0.717, 1.165) is 22.3 Å². The fourth-order valence-electron chi connectivity index (χ4n) is 2.42. The summed E-state index contributed by atoms with van der Waals surface area (Å²) in [6.45, 7) is 4.16. The molecular weight excluding hydrogens is 306 g/mol. The Kier molecular flexibility index (Phi) is 3.26. The van der Waals surface area contributed by atoms with Crippen LogP contribution >= 0.6 is 0 Å². The lowest BCUT2D eigenvalue weighted by molar-refractivity contribution is 0.532. The number of H-pyrrole nitrogens is 1. The van der Waals surface area contributed by atoms with Crippen LogP contribution in [0.15, 0.2) is 31.0 Å². The first-order valence-corrected chi connectivity index (χ1v) is 7.61. The van der Waals surface area contributed by atoms with Crippen molar-refractivity contribution < 1.29 is 0 Å². The minimum Gasteiger partial charge on any atom is -0.336 e. The van der Waals surface area contributed by atoms with Crippen LogP contribution in [-0.2, 0) is 7.05 Å². The van der Waals surface area contributed by atoms with Gasteiger partial charge in [-0.25, -0.2) is 9.97 Å². The van der Waals surface area contributed by atoms with Crippen LogP contribution in [0.3, 0.4) is 0 Å². The van der Waals surface area contributed by atoms with Crippen LogP contribution < -0.4 is 5.32 Å². The molecule has 0 bridgehead atoms. The number of fused-ring (bicyclic) bond motifs is 1. The van der Waals surface area contributed by atoms with Crippen LogP contribution in [0.4, 0.5) is 11.5 Å². The summed E-state index contributed by atoms with van der Waals surface area (Å²) < 4.78 is 3.60. The lowest BCUT2D eigenvalue weighted by Crippen LogP contribution is -2.00. The number of hydrogen-bond donors (Lipinski definition) is 2. The number of nitrogens with one attached hydrogen (secondary N) is 2. The zero-order chi connectivity index (χ0) is 16.7. The van der Waals surface area contributed by atoms with Crippen molar-refractivity contribution in [1.82, 2.24) is 39.7 Å². The van der Waals surface area contributed by atoms with Crippen molar-refractivity contribution in [3.63, 3.8) is 0 Å². The molecule has 0 spiro atoms. The zero-order valence-electron chi connectivity index (χ0n) is 13.6. The molecule has 0 atom stereocenters. The lowest BCUT2D eigenvalue weighted by Gasteiger charge is -2.06. The summed E-state index contributed by atoms with van der Waals surface area (Å²) in [4.78, 5) is 9.16. The van der Waals surface area contributed by atoms with Gasteiger partial charge in [-0.15, -0.1) is 0 Å². The van der Waals surface area contributed by atoms with E-state index < -0.39 is 0 Å². The van der Waals surface area contributed by atoms with Crippen molar-refractivity contribution in [2.45, 2.75) is 19.9 Å². The fraction of sp³-hybridized carbons (Fsp3) is 0.267. The lowest BCUT2D eigenvalue weighted by atomic mass is 10.3. The van der Waals surface area contributed by atoms with Gasteiger partial charge in [-0.05, 0) is 13.8 Å². The third-order valence-electron chi connectivity index (χ3n) is 3.66. The third-order valence-corrected chi connectivity index (χ3v) is 3.66. The highest BCUT2D eigenvalue weighted by Crippen LogP contribution is 2.25. The molecule has 4 aromatic rings. The van der Waals surface area contributed by atoms with Crippen LogP contribution in [0, 0.1) is 0 Å². The minimum atomic E-state index is 0.295. The molecule has 0 aliphatic heterocycles. The summed E-state index contributed by atoms with van der Waals surface area (Å²) >= 11 is 0. The Morgan fingerprint density at radius 2 is 1.96 bits per heavy atom. The van der Waals surface area contributed by atoms with Gasteiger partial charge in [0.15, 0.2) is 11.6 Å². The number of anilines is 2. The first-order valence-electron chi connectivity index (χ1n) is 7.61.